The summed E-state index contributed by atoms with van der Waals surface area (Å²) in [4.78, 5) is 11.2. The van der Waals surface area contributed by atoms with Gasteiger partial charge in [-0.15, -0.1) is 0 Å². The van der Waals surface area contributed by atoms with Crippen LogP contribution in [0.5, 0.6) is 0 Å². The zero-order chi connectivity index (χ0) is 14.7. The molecule has 0 aliphatic carbocycles. The minimum absolute atomic E-state index is 0.561. The van der Waals surface area contributed by atoms with Crippen molar-refractivity contribution >= 4 is 12.0 Å². The summed E-state index contributed by atoms with van der Waals surface area (Å²) in [7, 11) is 0. The number of hydrogen-bond donors (Lipinski definition) is 1. The first-order valence-electron chi connectivity index (χ1n) is 6.69. The van der Waals surface area contributed by atoms with E-state index >= 15 is 0 Å². The fourth-order valence-electron chi connectivity index (χ4n) is 2.20. The van der Waals surface area contributed by atoms with Crippen LogP contribution in [0, 0.1) is 0 Å². The molecule has 1 heterocycles. The number of nitrogens with zero attached hydrogens (tertiary/aromatic N) is 2. The molecule has 104 valence electrons. The van der Waals surface area contributed by atoms with Crippen LogP contribution in [0.15, 0.2) is 60.7 Å². The molecule has 0 atom stereocenters. The third-order valence-corrected chi connectivity index (χ3v) is 3.31. The molecular formula is C17H15N3O. The van der Waals surface area contributed by atoms with Crippen LogP contribution >= 0.6 is 0 Å². The van der Waals surface area contributed by atoms with Crippen LogP contribution in [0.1, 0.15) is 16.1 Å². The van der Waals surface area contributed by atoms with Gasteiger partial charge < -0.3 is 5.73 Å². The number of carbonyl (C=O) groups excluding carboxylic acids is 1. The molecule has 0 saturated carbocycles. The highest BCUT2D eigenvalue weighted by Gasteiger charge is 2.09. The fourth-order valence-corrected chi connectivity index (χ4v) is 2.20. The molecule has 0 radical (unpaired) electrons. The number of aldehydes is 1. The quantitative estimate of drug-likeness (QED) is 0.589. The monoisotopic (exact) mass is 277 g/mol. The van der Waals surface area contributed by atoms with Crippen LogP contribution in [0.25, 0.3) is 11.3 Å². The van der Waals surface area contributed by atoms with Crippen LogP contribution in [-0.2, 0) is 6.54 Å². The van der Waals surface area contributed by atoms with Gasteiger partial charge in [-0.3, -0.25) is 9.48 Å². The zero-order valence-corrected chi connectivity index (χ0v) is 11.4. The Kier molecular flexibility index (Phi) is 3.51. The molecule has 0 aliphatic rings. The van der Waals surface area contributed by atoms with Gasteiger partial charge in [0.05, 0.1) is 12.2 Å². The van der Waals surface area contributed by atoms with Crippen molar-refractivity contribution in [2.75, 3.05) is 5.73 Å². The second-order valence-corrected chi connectivity index (χ2v) is 4.84. The lowest BCUT2D eigenvalue weighted by molar-refractivity contribution is 0.111. The standard InChI is InChI=1S/C17H15N3O/c18-15-8-6-14(7-9-15)17-10-16(12-21)20(19-17)11-13-4-2-1-3-5-13/h1-10,12H,11,18H2. The Morgan fingerprint density at radius 1 is 1.05 bits per heavy atom. The van der Waals surface area contributed by atoms with Gasteiger partial charge in [-0.2, -0.15) is 5.10 Å². The third-order valence-electron chi connectivity index (χ3n) is 3.31. The maximum atomic E-state index is 11.2. The summed E-state index contributed by atoms with van der Waals surface area (Å²) in [5, 5.41) is 4.52. The Bertz CT molecular complexity index is 745. The molecule has 2 N–H and O–H groups in total. The lowest BCUT2D eigenvalue weighted by atomic mass is 10.1. The lowest BCUT2D eigenvalue weighted by Crippen LogP contribution is -2.05. The summed E-state index contributed by atoms with van der Waals surface area (Å²) in [5.74, 6) is 0. The molecule has 3 rings (SSSR count). The van der Waals surface area contributed by atoms with E-state index in [1.54, 1.807) is 10.7 Å². The normalized spacial score (nSPS) is 10.5. The molecule has 0 spiro atoms. The van der Waals surface area contributed by atoms with Gasteiger partial charge in [-0.1, -0.05) is 42.5 Å². The average Bonchev–Trinajstić information content (AvgIpc) is 2.92. The van der Waals surface area contributed by atoms with Crippen molar-refractivity contribution in [2.24, 2.45) is 0 Å². The van der Waals surface area contributed by atoms with Crippen molar-refractivity contribution in [3.05, 3.63) is 71.9 Å². The molecule has 3 aromatic rings. The second-order valence-electron chi connectivity index (χ2n) is 4.84. The number of nitrogens with two attached hydrogens (primary N) is 1. The largest absolute Gasteiger partial charge is 0.399 e. The molecule has 4 heteroatoms. The molecule has 0 amide bonds. The van der Waals surface area contributed by atoms with Crippen molar-refractivity contribution in [3.63, 3.8) is 0 Å². The Balaban J connectivity index is 1.94. The van der Waals surface area contributed by atoms with Crippen molar-refractivity contribution in [1.82, 2.24) is 9.78 Å². The van der Waals surface area contributed by atoms with Gasteiger partial charge >= 0.3 is 0 Å². The SMILES string of the molecule is Nc1ccc(-c2cc(C=O)n(Cc3ccccc3)n2)cc1. The van der Waals surface area contributed by atoms with Gasteiger partial charge in [0.25, 0.3) is 0 Å². The molecule has 2 aromatic carbocycles. The first-order valence-corrected chi connectivity index (χ1v) is 6.69. The summed E-state index contributed by atoms with van der Waals surface area (Å²) >= 11 is 0. The van der Waals surface area contributed by atoms with Crippen LogP contribution in [0.2, 0.25) is 0 Å². The van der Waals surface area contributed by atoms with Crippen molar-refractivity contribution in [3.8, 4) is 11.3 Å². The van der Waals surface area contributed by atoms with Gasteiger partial charge in [-0.25, -0.2) is 0 Å². The summed E-state index contributed by atoms with van der Waals surface area (Å²) in [6.45, 7) is 0.573. The molecule has 4 nitrogen and oxygen atoms in total. The Morgan fingerprint density at radius 2 is 1.76 bits per heavy atom. The Labute approximate surface area is 122 Å². The Morgan fingerprint density at radius 3 is 2.43 bits per heavy atom. The van der Waals surface area contributed by atoms with Gasteiger partial charge in [-0.05, 0) is 23.8 Å². The van der Waals surface area contributed by atoms with E-state index in [2.05, 4.69) is 5.10 Å². The Hall–Kier alpha value is -2.88. The predicted octanol–water partition coefficient (Wildman–Crippen LogP) is 2.99. The highest BCUT2D eigenvalue weighted by atomic mass is 16.1. The van der Waals surface area contributed by atoms with Crippen molar-refractivity contribution < 1.29 is 4.79 Å². The van der Waals surface area contributed by atoms with Crippen LogP contribution in [0.3, 0.4) is 0 Å². The maximum absolute atomic E-state index is 11.2. The van der Waals surface area contributed by atoms with E-state index in [4.69, 9.17) is 5.73 Å². The number of nitrogen functional groups attached to an aromatic ring is 1. The van der Waals surface area contributed by atoms with E-state index in [0.717, 1.165) is 23.1 Å². The van der Waals surface area contributed by atoms with E-state index in [9.17, 15) is 4.79 Å². The fraction of sp³-hybridized carbons (Fsp3) is 0.0588. The molecule has 1 aromatic heterocycles. The van der Waals surface area contributed by atoms with Crippen LogP contribution in [0.4, 0.5) is 5.69 Å². The zero-order valence-electron chi connectivity index (χ0n) is 11.4. The molecule has 0 aliphatic heterocycles. The molecule has 0 bridgehead atoms. The van der Waals surface area contributed by atoms with E-state index in [1.165, 1.54) is 0 Å². The molecule has 0 saturated heterocycles. The number of aromatic nitrogens is 2. The van der Waals surface area contributed by atoms with E-state index in [0.29, 0.717) is 17.9 Å². The summed E-state index contributed by atoms with van der Waals surface area (Å²) in [6, 6.07) is 19.2. The van der Waals surface area contributed by atoms with E-state index in [1.807, 2.05) is 54.6 Å². The van der Waals surface area contributed by atoms with Gasteiger partial charge in [0.15, 0.2) is 6.29 Å². The van der Waals surface area contributed by atoms with E-state index < -0.39 is 0 Å². The lowest BCUT2D eigenvalue weighted by Gasteiger charge is -2.03. The summed E-state index contributed by atoms with van der Waals surface area (Å²) in [5.41, 5.74) is 9.77. The minimum atomic E-state index is 0.561. The van der Waals surface area contributed by atoms with E-state index in [-0.39, 0.29) is 0 Å². The summed E-state index contributed by atoms with van der Waals surface area (Å²) in [6.07, 6.45) is 0.830. The van der Waals surface area contributed by atoms with Crippen LogP contribution < -0.4 is 5.73 Å². The smallest absolute Gasteiger partial charge is 0.168 e. The summed E-state index contributed by atoms with van der Waals surface area (Å²) < 4.78 is 1.72. The van der Waals surface area contributed by atoms with Crippen molar-refractivity contribution in [2.45, 2.75) is 6.54 Å². The first kappa shape index (κ1) is 13.1. The first-order chi connectivity index (χ1) is 10.3. The number of benzene rings is 2. The number of hydrogen-bond acceptors (Lipinski definition) is 3. The molecule has 0 fully saturated rings. The molecular weight excluding hydrogens is 262 g/mol. The third kappa shape index (κ3) is 2.84. The number of carbonyl (C=O) groups is 1. The van der Waals surface area contributed by atoms with Gasteiger partial charge in [0.1, 0.15) is 5.69 Å². The predicted molar refractivity (Wildman–Crippen MR) is 83.0 cm³/mol. The highest BCUT2D eigenvalue weighted by Crippen LogP contribution is 2.20. The topological polar surface area (TPSA) is 60.9 Å². The maximum Gasteiger partial charge on any atom is 0.168 e. The highest BCUT2D eigenvalue weighted by molar-refractivity contribution is 5.76. The second kappa shape index (κ2) is 5.63. The minimum Gasteiger partial charge on any atom is -0.399 e. The number of anilines is 1. The molecule has 21 heavy (non-hydrogen) atoms. The molecule has 0 unspecified atom stereocenters. The van der Waals surface area contributed by atoms with Crippen LogP contribution in [-0.4, -0.2) is 16.1 Å². The average molecular weight is 277 g/mol. The van der Waals surface area contributed by atoms with Crippen molar-refractivity contribution in [1.29, 1.82) is 0 Å². The van der Waals surface area contributed by atoms with Gasteiger partial charge in [0, 0.05) is 11.3 Å². The number of rotatable bonds is 4. The van der Waals surface area contributed by atoms with Gasteiger partial charge in [0.2, 0.25) is 0 Å².